The van der Waals surface area contributed by atoms with Gasteiger partial charge < -0.3 is 15.1 Å². The van der Waals surface area contributed by atoms with E-state index >= 15 is 0 Å². The van der Waals surface area contributed by atoms with Crippen molar-refractivity contribution in [2.75, 3.05) is 62.2 Å². The first kappa shape index (κ1) is 24.9. The maximum absolute atomic E-state index is 13.5. The Morgan fingerprint density at radius 2 is 1.76 bits per heavy atom. The van der Waals surface area contributed by atoms with Gasteiger partial charge in [0.05, 0.1) is 16.3 Å². The Bertz CT molecular complexity index is 1000. The molecule has 2 amide bonds. The summed E-state index contributed by atoms with van der Waals surface area (Å²) in [5.41, 5.74) is 1.33. The van der Waals surface area contributed by atoms with Crippen LogP contribution in [0.2, 0.25) is 0 Å². The zero-order valence-corrected chi connectivity index (χ0v) is 21.1. The van der Waals surface area contributed by atoms with Crippen LogP contribution in [0.4, 0.5) is 11.4 Å². The highest BCUT2D eigenvalue weighted by Crippen LogP contribution is 2.40. The minimum atomic E-state index is -3.69. The quantitative estimate of drug-likeness (QED) is 0.565. The van der Waals surface area contributed by atoms with Crippen LogP contribution in [0.15, 0.2) is 23.1 Å². The number of carbonyl (C=O) groups is 2. The van der Waals surface area contributed by atoms with Crippen molar-refractivity contribution in [1.29, 1.82) is 0 Å². The number of benzene rings is 1. The summed E-state index contributed by atoms with van der Waals surface area (Å²) in [6, 6.07) is 4.70. The molecule has 0 saturated carbocycles. The molecule has 0 radical (unpaired) electrons. The van der Waals surface area contributed by atoms with Crippen LogP contribution in [0.1, 0.15) is 46.0 Å². The molecule has 1 atom stereocenters. The average Bonchev–Trinajstić information content (AvgIpc) is 3.35. The highest BCUT2D eigenvalue weighted by Gasteiger charge is 2.40. The first-order chi connectivity index (χ1) is 16.4. The Kier molecular flexibility index (Phi) is 7.79. The Labute approximate surface area is 203 Å². The molecular weight excluding hydrogens is 454 g/mol. The summed E-state index contributed by atoms with van der Waals surface area (Å²) in [5, 5.41) is 2.95. The van der Waals surface area contributed by atoms with E-state index in [9.17, 15) is 18.0 Å². The molecule has 3 aliphatic rings. The first-order valence-corrected chi connectivity index (χ1v) is 14.0. The van der Waals surface area contributed by atoms with E-state index in [2.05, 4.69) is 15.1 Å². The number of nitrogens with zero attached hydrogens (tertiary/aromatic N) is 4. The summed E-state index contributed by atoms with van der Waals surface area (Å²) < 4.78 is 27.7. The molecule has 1 aromatic carbocycles. The van der Waals surface area contributed by atoms with E-state index in [0.717, 1.165) is 51.1 Å². The lowest BCUT2D eigenvalue weighted by molar-refractivity contribution is -0.125. The van der Waals surface area contributed by atoms with Crippen molar-refractivity contribution in [2.45, 2.75) is 56.9 Å². The number of sulfonamides is 1. The van der Waals surface area contributed by atoms with E-state index in [4.69, 9.17) is 0 Å². The number of fused-ring (bicyclic) bond motifs is 3. The molecular formula is C24H37N5O4S. The van der Waals surface area contributed by atoms with E-state index in [1.165, 1.54) is 22.0 Å². The van der Waals surface area contributed by atoms with Crippen LogP contribution in [-0.2, 0) is 19.6 Å². The molecule has 10 heteroatoms. The van der Waals surface area contributed by atoms with Gasteiger partial charge in [-0.3, -0.25) is 14.5 Å². The zero-order chi connectivity index (χ0) is 24.3. The summed E-state index contributed by atoms with van der Waals surface area (Å²) in [4.78, 5) is 32.4. The van der Waals surface area contributed by atoms with Gasteiger partial charge in [0.1, 0.15) is 12.6 Å². The standard InChI is InChI=1S/C24H37N5O4S/c1-3-27(4-2)34(32,33)19-10-11-20-22(17-19)29(24(31)21-9-5-6-15-28(20)21)18-23(30)25-12-16-26-13-7-8-14-26/h10-11,17,21H,3-9,12-16,18H2,1-2H3,(H,25,30)/t21-/m1/s1. The van der Waals surface area contributed by atoms with Gasteiger partial charge in [-0.25, -0.2) is 8.42 Å². The molecule has 2 fully saturated rings. The maximum Gasteiger partial charge on any atom is 0.250 e. The van der Waals surface area contributed by atoms with E-state index in [-0.39, 0.29) is 29.3 Å². The number of hydrogen-bond donors (Lipinski definition) is 1. The van der Waals surface area contributed by atoms with Crippen LogP contribution < -0.4 is 15.1 Å². The second-order valence-corrected chi connectivity index (χ2v) is 11.2. The number of nitrogens with one attached hydrogen (secondary N) is 1. The molecule has 188 valence electrons. The molecule has 2 saturated heterocycles. The predicted octanol–water partition coefficient (Wildman–Crippen LogP) is 1.63. The SMILES string of the molecule is CCN(CC)S(=O)(=O)c1ccc2c(c1)N(CC(=O)NCCN1CCCC1)C(=O)[C@H]1CCCCN21. The van der Waals surface area contributed by atoms with Gasteiger partial charge in [0.25, 0.3) is 0 Å². The van der Waals surface area contributed by atoms with Crippen LogP contribution >= 0.6 is 0 Å². The molecule has 34 heavy (non-hydrogen) atoms. The number of amides is 2. The molecule has 0 bridgehead atoms. The van der Waals surface area contributed by atoms with Gasteiger partial charge in [0.15, 0.2) is 0 Å². The number of carbonyl (C=O) groups excluding carboxylic acids is 2. The minimum Gasteiger partial charge on any atom is -0.358 e. The van der Waals surface area contributed by atoms with E-state index in [1.54, 1.807) is 32.0 Å². The highest BCUT2D eigenvalue weighted by atomic mass is 32.2. The third kappa shape index (κ3) is 4.94. The monoisotopic (exact) mass is 491 g/mol. The number of likely N-dealkylation sites (tertiary alicyclic amines) is 1. The topological polar surface area (TPSA) is 93.3 Å². The molecule has 4 rings (SSSR count). The average molecular weight is 492 g/mol. The lowest BCUT2D eigenvalue weighted by atomic mass is 9.96. The van der Waals surface area contributed by atoms with Crippen LogP contribution in [0, 0.1) is 0 Å². The van der Waals surface area contributed by atoms with Gasteiger partial charge in [-0.05, 0) is 63.4 Å². The zero-order valence-electron chi connectivity index (χ0n) is 20.3. The summed E-state index contributed by atoms with van der Waals surface area (Å²) in [5.74, 6) is -0.348. The lowest BCUT2D eigenvalue weighted by Gasteiger charge is -2.45. The number of rotatable bonds is 9. The molecule has 3 heterocycles. The van der Waals surface area contributed by atoms with Crippen molar-refractivity contribution >= 4 is 33.2 Å². The van der Waals surface area contributed by atoms with Crippen LogP contribution in [0.3, 0.4) is 0 Å². The third-order valence-electron chi connectivity index (χ3n) is 7.19. The number of piperidine rings is 1. The summed E-state index contributed by atoms with van der Waals surface area (Å²) in [6.07, 6.45) is 5.09. The van der Waals surface area contributed by atoms with Crippen molar-refractivity contribution in [3.63, 3.8) is 0 Å². The van der Waals surface area contributed by atoms with E-state index in [1.807, 2.05) is 0 Å². The van der Waals surface area contributed by atoms with Crippen molar-refractivity contribution in [3.8, 4) is 0 Å². The molecule has 0 unspecified atom stereocenters. The van der Waals surface area contributed by atoms with Gasteiger partial charge in [0.2, 0.25) is 21.8 Å². The molecule has 0 aromatic heterocycles. The molecule has 1 N–H and O–H groups in total. The van der Waals surface area contributed by atoms with E-state index in [0.29, 0.717) is 25.3 Å². The molecule has 3 aliphatic heterocycles. The van der Waals surface area contributed by atoms with Crippen molar-refractivity contribution < 1.29 is 18.0 Å². The number of anilines is 2. The molecule has 0 spiro atoms. The minimum absolute atomic E-state index is 0.106. The highest BCUT2D eigenvalue weighted by molar-refractivity contribution is 7.89. The van der Waals surface area contributed by atoms with Gasteiger partial charge in [-0.2, -0.15) is 4.31 Å². The van der Waals surface area contributed by atoms with Gasteiger partial charge in [0, 0.05) is 32.7 Å². The summed E-state index contributed by atoms with van der Waals surface area (Å²) in [7, 11) is -3.69. The van der Waals surface area contributed by atoms with Crippen molar-refractivity contribution in [2.24, 2.45) is 0 Å². The van der Waals surface area contributed by atoms with E-state index < -0.39 is 10.0 Å². The predicted molar refractivity (Wildman–Crippen MR) is 133 cm³/mol. The first-order valence-electron chi connectivity index (χ1n) is 12.6. The largest absolute Gasteiger partial charge is 0.358 e. The fraction of sp³-hybridized carbons (Fsp3) is 0.667. The normalized spacial score (nSPS) is 21.0. The second-order valence-electron chi connectivity index (χ2n) is 9.27. The summed E-state index contributed by atoms with van der Waals surface area (Å²) >= 11 is 0. The smallest absolute Gasteiger partial charge is 0.250 e. The van der Waals surface area contributed by atoms with Crippen LogP contribution in [0.25, 0.3) is 0 Å². The van der Waals surface area contributed by atoms with Gasteiger partial charge >= 0.3 is 0 Å². The molecule has 1 aromatic rings. The van der Waals surface area contributed by atoms with Crippen molar-refractivity contribution in [3.05, 3.63) is 18.2 Å². The van der Waals surface area contributed by atoms with Crippen LogP contribution in [0.5, 0.6) is 0 Å². The lowest BCUT2D eigenvalue weighted by Crippen LogP contribution is -2.57. The second kappa shape index (κ2) is 10.6. The van der Waals surface area contributed by atoms with Gasteiger partial charge in [-0.1, -0.05) is 13.8 Å². The van der Waals surface area contributed by atoms with Gasteiger partial charge in [-0.15, -0.1) is 0 Å². The molecule has 9 nitrogen and oxygen atoms in total. The number of hydrogen-bond acceptors (Lipinski definition) is 6. The Hall–Kier alpha value is -2.17. The van der Waals surface area contributed by atoms with Crippen molar-refractivity contribution in [1.82, 2.24) is 14.5 Å². The fourth-order valence-electron chi connectivity index (χ4n) is 5.33. The maximum atomic E-state index is 13.5. The fourth-order valence-corrected chi connectivity index (χ4v) is 6.81. The van der Waals surface area contributed by atoms with Crippen LogP contribution in [-0.4, -0.2) is 87.8 Å². The summed E-state index contributed by atoms with van der Waals surface area (Å²) in [6.45, 7) is 8.47. The molecule has 0 aliphatic carbocycles. The Balaban J connectivity index is 1.59. The Morgan fingerprint density at radius 3 is 2.47 bits per heavy atom. The Morgan fingerprint density at radius 1 is 1.06 bits per heavy atom. The third-order valence-corrected chi connectivity index (χ3v) is 9.24.